The third kappa shape index (κ3) is 6.46. The van der Waals surface area contributed by atoms with Crippen molar-refractivity contribution in [2.75, 3.05) is 39.8 Å². The maximum absolute atomic E-state index is 13.4. The number of carbonyl (C=O) groups is 2. The zero-order chi connectivity index (χ0) is 26.5. The Hall–Kier alpha value is -3.56. The largest absolute Gasteiger partial charge is 0.340 e. The normalized spacial score (nSPS) is 20.2. The molecule has 3 aromatic rings. The summed E-state index contributed by atoms with van der Waals surface area (Å²) in [6, 6.07) is 15.9. The lowest BCUT2D eigenvalue weighted by Gasteiger charge is -2.34. The van der Waals surface area contributed by atoms with Crippen LogP contribution in [0.3, 0.4) is 0 Å². The maximum Gasteiger partial charge on any atom is 0.251 e. The standard InChI is InChI=1S/C29H37N7O2/c1-21-5-7-22(8-6-21)25-20-27(25)30-13-3-4-26(29(38)35-18-16-34(2)17-19-35)32-28(37)23-9-11-24(12-10-23)36-15-14-31-33-36/h5-12,14-15,25-27,30H,3-4,13,16-20H2,1-2H3,(H,32,37)/t25-,26+,27+/m0/s1. The molecule has 2 aromatic carbocycles. The van der Waals surface area contributed by atoms with Gasteiger partial charge >= 0.3 is 0 Å². The van der Waals surface area contributed by atoms with Crippen LogP contribution < -0.4 is 10.6 Å². The second kappa shape index (κ2) is 11.9. The van der Waals surface area contributed by atoms with Crippen LogP contribution in [0, 0.1) is 6.92 Å². The first-order chi connectivity index (χ1) is 18.5. The van der Waals surface area contributed by atoms with Gasteiger partial charge in [0.05, 0.1) is 18.1 Å². The van der Waals surface area contributed by atoms with Crippen LogP contribution in [0.1, 0.15) is 46.7 Å². The first-order valence-electron chi connectivity index (χ1n) is 13.5. The Morgan fingerprint density at radius 2 is 1.76 bits per heavy atom. The molecule has 9 nitrogen and oxygen atoms in total. The first-order valence-corrected chi connectivity index (χ1v) is 13.5. The van der Waals surface area contributed by atoms with E-state index in [2.05, 4.69) is 64.1 Å². The SMILES string of the molecule is Cc1ccc([C@@H]2C[C@H]2NCCC[C@@H](NC(=O)c2ccc(-n3ccnn3)cc2)C(=O)N2CCN(C)CC2)cc1. The van der Waals surface area contributed by atoms with Crippen molar-refractivity contribution in [2.24, 2.45) is 0 Å². The van der Waals surface area contributed by atoms with Gasteiger partial charge in [0.25, 0.3) is 5.91 Å². The molecule has 2 fully saturated rings. The van der Waals surface area contributed by atoms with Gasteiger partial charge in [0.1, 0.15) is 6.04 Å². The fraction of sp³-hybridized carbons (Fsp3) is 0.448. The van der Waals surface area contributed by atoms with Crippen LogP contribution in [0.2, 0.25) is 0 Å². The second-order valence-corrected chi connectivity index (χ2v) is 10.5. The van der Waals surface area contributed by atoms with E-state index in [9.17, 15) is 9.59 Å². The lowest BCUT2D eigenvalue weighted by atomic mass is 10.1. The van der Waals surface area contributed by atoms with E-state index in [1.165, 1.54) is 11.1 Å². The van der Waals surface area contributed by atoms with Crippen molar-refractivity contribution in [3.63, 3.8) is 0 Å². The average molecular weight is 516 g/mol. The predicted molar refractivity (Wildman–Crippen MR) is 146 cm³/mol. The molecule has 0 unspecified atom stereocenters. The van der Waals surface area contributed by atoms with Gasteiger partial charge in [-0.25, -0.2) is 4.68 Å². The van der Waals surface area contributed by atoms with E-state index >= 15 is 0 Å². The summed E-state index contributed by atoms with van der Waals surface area (Å²) in [5.74, 6) is 0.338. The van der Waals surface area contributed by atoms with Crippen LogP contribution >= 0.6 is 0 Å². The number of rotatable bonds is 10. The van der Waals surface area contributed by atoms with E-state index in [0.29, 0.717) is 37.0 Å². The van der Waals surface area contributed by atoms with Crippen molar-refractivity contribution in [3.8, 4) is 5.69 Å². The van der Waals surface area contributed by atoms with E-state index in [0.717, 1.165) is 38.2 Å². The van der Waals surface area contributed by atoms with Gasteiger partial charge in [0.15, 0.2) is 0 Å². The Kier molecular flexibility index (Phi) is 8.14. The van der Waals surface area contributed by atoms with Gasteiger partial charge in [-0.05, 0) is 69.6 Å². The fourth-order valence-corrected chi connectivity index (χ4v) is 5.05. The summed E-state index contributed by atoms with van der Waals surface area (Å²) in [4.78, 5) is 30.7. The molecular formula is C29H37N7O2. The number of nitrogens with one attached hydrogen (secondary N) is 2. The molecule has 5 rings (SSSR count). The van der Waals surface area contributed by atoms with Gasteiger partial charge in [-0.2, -0.15) is 0 Å². The molecule has 1 saturated carbocycles. The molecule has 1 aliphatic carbocycles. The summed E-state index contributed by atoms with van der Waals surface area (Å²) in [5, 5.41) is 14.5. The van der Waals surface area contributed by atoms with E-state index < -0.39 is 6.04 Å². The molecule has 200 valence electrons. The van der Waals surface area contributed by atoms with Gasteiger partial charge < -0.3 is 20.4 Å². The molecule has 0 radical (unpaired) electrons. The highest BCUT2D eigenvalue weighted by Crippen LogP contribution is 2.40. The Morgan fingerprint density at radius 1 is 1.03 bits per heavy atom. The van der Waals surface area contributed by atoms with Crippen molar-refractivity contribution in [1.82, 2.24) is 35.4 Å². The summed E-state index contributed by atoms with van der Waals surface area (Å²) in [7, 11) is 2.07. The molecule has 1 aliphatic heterocycles. The second-order valence-electron chi connectivity index (χ2n) is 10.5. The number of benzene rings is 2. The summed E-state index contributed by atoms with van der Waals surface area (Å²) < 4.78 is 1.64. The summed E-state index contributed by atoms with van der Waals surface area (Å²) in [6.45, 7) is 6.00. The first kappa shape index (κ1) is 26.1. The topological polar surface area (TPSA) is 95.4 Å². The smallest absolute Gasteiger partial charge is 0.251 e. The minimum Gasteiger partial charge on any atom is -0.340 e. The Bertz CT molecular complexity index is 1200. The molecule has 1 aromatic heterocycles. The highest BCUT2D eigenvalue weighted by molar-refractivity contribution is 5.97. The number of nitrogens with zero attached hydrogens (tertiary/aromatic N) is 5. The summed E-state index contributed by atoms with van der Waals surface area (Å²) in [6.07, 6.45) is 5.91. The van der Waals surface area contributed by atoms with Crippen molar-refractivity contribution >= 4 is 11.8 Å². The molecule has 2 amide bonds. The van der Waals surface area contributed by atoms with Crippen molar-refractivity contribution < 1.29 is 9.59 Å². The van der Waals surface area contributed by atoms with E-state index in [1.54, 1.807) is 29.2 Å². The van der Waals surface area contributed by atoms with Crippen LogP contribution in [0.4, 0.5) is 0 Å². The number of piperazine rings is 1. The van der Waals surface area contributed by atoms with Crippen LogP contribution in [-0.4, -0.2) is 88.5 Å². The van der Waals surface area contributed by atoms with Crippen molar-refractivity contribution in [2.45, 2.75) is 44.2 Å². The van der Waals surface area contributed by atoms with E-state index in [-0.39, 0.29) is 11.8 Å². The molecule has 38 heavy (non-hydrogen) atoms. The molecule has 2 heterocycles. The number of amides is 2. The number of hydrogen-bond donors (Lipinski definition) is 2. The third-order valence-electron chi connectivity index (χ3n) is 7.61. The molecule has 0 bridgehead atoms. The Balaban J connectivity index is 1.16. The summed E-state index contributed by atoms with van der Waals surface area (Å²) in [5.41, 5.74) is 4.00. The molecule has 2 N–H and O–H groups in total. The zero-order valence-electron chi connectivity index (χ0n) is 22.2. The van der Waals surface area contributed by atoms with Gasteiger partial charge in [0.2, 0.25) is 5.91 Å². The minimum atomic E-state index is -0.546. The minimum absolute atomic E-state index is 0.00893. The average Bonchev–Trinajstić information content (AvgIpc) is 3.49. The number of likely N-dealkylation sites (N-methyl/N-ethyl adjacent to an activating group) is 1. The molecule has 0 spiro atoms. The quantitative estimate of drug-likeness (QED) is 0.403. The molecule has 3 atom stereocenters. The van der Waals surface area contributed by atoms with E-state index in [1.807, 2.05) is 17.0 Å². The number of hydrogen-bond acceptors (Lipinski definition) is 6. The Morgan fingerprint density at radius 3 is 2.45 bits per heavy atom. The van der Waals surface area contributed by atoms with Gasteiger partial charge in [0, 0.05) is 43.7 Å². The number of carbonyl (C=O) groups excluding carboxylic acids is 2. The lowest BCUT2D eigenvalue weighted by Crippen LogP contribution is -2.54. The van der Waals surface area contributed by atoms with E-state index in [4.69, 9.17) is 0 Å². The van der Waals surface area contributed by atoms with Gasteiger partial charge in [-0.15, -0.1) is 5.10 Å². The highest BCUT2D eigenvalue weighted by atomic mass is 16.2. The monoisotopic (exact) mass is 515 g/mol. The van der Waals surface area contributed by atoms with Crippen molar-refractivity contribution in [3.05, 3.63) is 77.6 Å². The number of aryl methyl sites for hydroxylation is 1. The third-order valence-corrected chi connectivity index (χ3v) is 7.61. The molecule has 1 saturated heterocycles. The van der Waals surface area contributed by atoms with Crippen LogP contribution in [0.5, 0.6) is 0 Å². The molecule has 9 heteroatoms. The van der Waals surface area contributed by atoms with Gasteiger partial charge in [-0.3, -0.25) is 9.59 Å². The van der Waals surface area contributed by atoms with Crippen molar-refractivity contribution in [1.29, 1.82) is 0 Å². The molecule has 2 aliphatic rings. The Labute approximate surface area is 224 Å². The molecular weight excluding hydrogens is 478 g/mol. The zero-order valence-corrected chi connectivity index (χ0v) is 22.2. The van der Waals surface area contributed by atoms with Crippen LogP contribution in [-0.2, 0) is 4.79 Å². The van der Waals surface area contributed by atoms with Crippen LogP contribution in [0.25, 0.3) is 5.69 Å². The summed E-state index contributed by atoms with van der Waals surface area (Å²) >= 11 is 0. The maximum atomic E-state index is 13.4. The predicted octanol–water partition coefficient (Wildman–Crippen LogP) is 2.37. The number of aromatic nitrogens is 3. The lowest BCUT2D eigenvalue weighted by molar-refractivity contribution is -0.135. The van der Waals surface area contributed by atoms with Gasteiger partial charge in [-0.1, -0.05) is 35.0 Å². The fourth-order valence-electron chi connectivity index (χ4n) is 5.05. The van der Waals surface area contributed by atoms with Crippen LogP contribution in [0.15, 0.2) is 60.9 Å². The highest BCUT2D eigenvalue weighted by Gasteiger charge is 2.37.